The molecule has 0 radical (unpaired) electrons. The predicted octanol–water partition coefficient (Wildman–Crippen LogP) is 2.94. The van der Waals surface area contributed by atoms with Gasteiger partial charge in [0, 0.05) is 11.8 Å². The van der Waals surface area contributed by atoms with Crippen LogP contribution in [0.15, 0.2) is 42.6 Å². The number of carbonyl (C=O) groups excluding carboxylic acids is 1. The maximum atomic E-state index is 12.6. The minimum absolute atomic E-state index is 0.0925. The molecule has 0 aliphatic heterocycles. The van der Waals surface area contributed by atoms with Crippen LogP contribution in [0.1, 0.15) is 46.1 Å². The number of aliphatic hydroxyl groups excluding tert-OH is 1. The van der Waals surface area contributed by atoms with Gasteiger partial charge in [-0.1, -0.05) is 12.1 Å². The van der Waals surface area contributed by atoms with Crippen molar-refractivity contribution >= 4 is 5.91 Å². The van der Waals surface area contributed by atoms with Crippen molar-refractivity contribution in [3.63, 3.8) is 0 Å². The summed E-state index contributed by atoms with van der Waals surface area (Å²) in [6.45, 7) is 4.04. The van der Waals surface area contributed by atoms with Gasteiger partial charge in [-0.25, -0.2) is 0 Å². The van der Waals surface area contributed by atoms with E-state index < -0.39 is 0 Å². The van der Waals surface area contributed by atoms with E-state index in [0.717, 1.165) is 11.3 Å². The first-order valence-electron chi connectivity index (χ1n) is 8.01. The van der Waals surface area contributed by atoms with E-state index in [1.807, 2.05) is 50.2 Å². The molecular weight excluding hydrogens is 288 g/mol. The molecule has 1 heterocycles. The number of nitrogens with one attached hydrogen (secondary N) is 1. The number of aromatic nitrogens is 1. The molecule has 4 heteroatoms. The highest BCUT2D eigenvalue weighted by Crippen LogP contribution is 2.37. The van der Waals surface area contributed by atoms with Gasteiger partial charge in [-0.15, -0.1) is 0 Å². The Labute approximate surface area is 136 Å². The van der Waals surface area contributed by atoms with Crippen LogP contribution in [0, 0.1) is 19.8 Å². The van der Waals surface area contributed by atoms with Crippen LogP contribution in [0.5, 0.6) is 0 Å². The summed E-state index contributed by atoms with van der Waals surface area (Å²) in [6, 6.07) is 11.3. The summed E-state index contributed by atoms with van der Waals surface area (Å²) in [5, 5.41) is 12.7. The summed E-state index contributed by atoms with van der Waals surface area (Å²) in [7, 11) is 0. The van der Waals surface area contributed by atoms with Gasteiger partial charge in [0.05, 0.1) is 17.8 Å². The number of pyridine rings is 1. The van der Waals surface area contributed by atoms with Crippen molar-refractivity contribution in [1.82, 2.24) is 10.3 Å². The quantitative estimate of drug-likeness (QED) is 0.912. The highest BCUT2D eigenvalue weighted by atomic mass is 16.3. The molecule has 1 amide bonds. The van der Waals surface area contributed by atoms with E-state index in [1.165, 1.54) is 5.56 Å². The molecule has 1 unspecified atom stereocenters. The zero-order valence-electron chi connectivity index (χ0n) is 13.5. The van der Waals surface area contributed by atoms with Gasteiger partial charge in [0.2, 0.25) is 0 Å². The third-order valence-electron chi connectivity index (χ3n) is 4.68. The number of nitrogens with zero attached hydrogens (tertiary/aromatic N) is 1. The Balaban J connectivity index is 1.80. The summed E-state index contributed by atoms with van der Waals surface area (Å²) in [6.07, 6.45) is 2.88. The second kappa shape index (κ2) is 6.50. The van der Waals surface area contributed by atoms with E-state index >= 15 is 0 Å². The molecule has 1 saturated carbocycles. The fourth-order valence-electron chi connectivity index (χ4n) is 3.00. The Kier molecular flexibility index (Phi) is 4.44. The molecule has 1 aromatic heterocycles. The number of aryl methyl sites for hydroxylation is 2. The number of aliphatic hydroxyl groups is 1. The van der Waals surface area contributed by atoms with Gasteiger partial charge < -0.3 is 10.4 Å². The van der Waals surface area contributed by atoms with Crippen LogP contribution < -0.4 is 5.32 Å². The number of amides is 1. The maximum Gasteiger partial charge on any atom is 0.251 e. The number of hydrogen-bond donors (Lipinski definition) is 2. The molecule has 4 nitrogen and oxygen atoms in total. The van der Waals surface area contributed by atoms with E-state index in [1.54, 1.807) is 6.20 Å². The zero-order chi connectivity index (χ0) is 16.4. The first-order valence-corrected chi connectivity index (χ1v) is 8.01. The normalized spacial score (nSPS) is 21.3. The SMILES string of the molecule is Cc1ccc(C(=O)NC(c2ccccn2)C2CC(O)C2)cc1C. The Morgan fingerprint density at radius 1 is 1.22 bits per heavy atom. The fourth-order valence-corrected chi connectivity index (χ4v) is 3.00. The van der Waals surface area contributed by atoms with E-state index in [2.05, 4.69) is 10.3 Å². The highest BCUT2D eigenvalue weighted by molar-refractivity contribution is 5.94. The molecule has 1 aliphatic carbocycles. The van der Waals surface area contributed by atoms with Crippen LogP contribution in [0.25, 0.3) is 0 Å². The van der Waals surface area contributed by atoms with Gasteiger partial charge >= 0.3 is 0 Å². The molecule has 3 rings (SSSR count). The number of benzene rings is 1. The van der Waals surface area contributed by atoms with Gasteiger partial charge in [0.25, 0.3) is 5.91 Å². The van der Waals surface area contributed by atoms with E-state index in [9.17, 15) is 9.90 Å². The number of rotatable bonds is 4. The summed E-state index contributed by atoms with van der Waals surface area (Å²) in [5.74, 6) is 0.139. The molecule has 1 aromatic carbocycles. The fraction of sp³-hybridized carbons (Fsp3) is 0.368. The van der Waals surface area contributed by atoms with E-state index in [4.69, 9.17) is 0 Å². The Morgan fingerprint density at radius 2 is 2.00 bits per heavy atom. The van der Waals surface area contributed by atoms with Gasteiger partial charge in [0.1, 0.15) is 0 Å². The Bertz CT molecular complexity index is 694. The highest BCUT2D eigenvalue weighted by Gasteiger charge is 2.36. The summed E-state index contributed by atoms with van der Waals surface area (Å²) >= 11 is 0. The molecule has 23 heavy (non-hydrogen) atoms. The number of hydrogen-bond acceptors (Lipinski definition) is 3. The largest absolute Gasteiger partial charge is 0.393 e. The first-order chi connectivity index (χ1) is 11.0. The molecule has 0 spiro atoms. The molecule has 120 valence electrons. The monoisotopic (exact) mass is 310 g/mol. The minimum Gasteiger partial charge on any atom is -0.393 e. The van der Waals surface area contributed by atoms with Crippen LogP contribution in [-0.2, 0) is 0 Å². The van der Waals surface area contributed by atoms with Crippen molar-refractivity contribution in [2.24, 2.45) is 5.92 Å². The molecule has 1 aliphatic rings. The predicted molar refractivity (Wildman–Crippen MR) is 89.1 cm³/mol. The van der Waals surface area contributed by atoms with E-state index in [-0.39, 0.29) is 24.0 Å². The molecule has 1 fully saturated rings. The van der Waals surface area contributed by atoms with Gasteiger partial charge in [-0.3, -0.25) is 9.78 Å². The van der Waals surface area contributed by atoms with Crippen LogP contribution >= 0.6 is 0 Å². The molecule has 0 bridgehead atoms. The van der Waals surface area contributed by atoms with Crippen LogP contribution in [-0.4, -0.2) is 22.1 Å². The lowest BCUT2D eigenvalue weighted by atomic mass is 9.76. The number of carbonyl (C=O) groups is 1. The Hall–Kier alpha value is -2.20. The van der Waals surface area contributed by atoms with Gasteiger partial charge in [-0.05, 0) is 68.0 Å². The third kappa shape index (κ3) is 3.42. The maximum absolute atomic E-state index is 12.6. The van der Waals surface area contributed by atoms with Crippen LogP contribution in [0.3, 0.4) is 0 Å². The van der Waals surface area contributed by atoms with Crippen molar-refractivity contribution in [2.75, 3.05) is 0 Å². The van der Waals surface area contributed by atoms with Crippen molar-refractivity contribution in [2.45, 2.75) is 38.8 Å². The van der Waals surface area contributed by atoms with Crippen molar-refractivity contribution in [3.05, 3.63) is 65.0 Å². The lowest BCUT2D eigenvalue weighted by Crippen LogP contribution is -2.41. The van der Waals surface area contributed by atoms with Gasteiger partial charge in [0.15, 0.2) is 0 Å². The average molecular weight is 310 g/mol. The molecular formula is C19H22N2O2. The summed E-state index contributed by atoms with van der Waals surface area (Å²) in [5.41, 5.74) is 3.78. The molecule has 0 saturated heterocycles. The second-order valence-corrected chi connectivity index (χ2v) is 6.39. The topological polar surface area (TPSA) is 62.2 Å². The smallest absolute Gasteiger partial charge is 0.251 e. The third-order valence-corrected chi connectivity index (χ3v) is 4.68. The van der Waals surface area contributed by atoms with Gasteiger partial charge in [-0.2, -0.15) is 0 Å². The summed E-state index contributed by atoms with van der Waals surface area (Å²) < 4.78 is 0. The lowest BCUT2D eigenvalue weighted by Gasteiger charge is -2.37. The van der Waals surface area contributed by atoms with Crippen LogP contribution in [0.4, 0.5) is 0 Å². The molecule has 2 aromatic rings. The standard InChI is InChI=1S/C19H22N2O2/c1-12-6-7-14(9-13(12)2)19(23)21-18(15-10-16(22)11-15)17-5-3-4-8-20-17/h3-9,15-16,18,22H,10-11H2,1-2H3,(H,21,23). The van der Waals surface area contributed by atoms with Crippen molar-refractivity contribution in [3.8, 4) is 0 Å². The zero-order valence-corrected chi connectivity index (χ0v) is 13.5. The minimum atomic E-state index is -0.260. The molecule has 1 atom stereocenters. The van der Waals surface area contributed by atoms with Crippen molar-refractivity contribution < 1.29 is 9.90 Å². The average Bonchev–Trinajstić information content (AvgIpc) is 2.53. The van der Waals surface area contributed by atoms with Crippen LogP contribution in [0.2, 0.25) is 0 Å². The lowest BCUT2D eigenvalue weighted by molar-refractivity contribution is 0.0228. The Morgan fingerprint density at radius 3 is 2.61 bits per heavy atom. The molecule has 2 N–H and O–H groups in total. The summed E-state index contributed by atoms with van der Waals surface area (Å²) in [4.78, 5) is 17.0. The van der Waals surface area contributed by atoms with E-state index in [0.29, 0.717) is 18.4 Å². The van der Waals surface area contributed by atoms with Crippen molar-refractivity contribution in [1.29, 1.82) is 0 Å². The second-order valence-electron chi connectivity index (χ2n) is 6.39. The first kappa shape index (κ1) is 15.7.